The van der Waals surface area contributed by atoms with Gasteiger partial charge in [-0.05, 0) is 45.9 Å². The third-order valence-electron chi connectivity index (χ3n) is 3.84. The average molecular weight is 306 g/mol. The van der Waals surface area contributed by atoms with E-state index >= 15 is 0 Å². The number of carboxylic acids is 1. The highest BCUT2D eigenvalue weighted by atomic mass is 35.5. The Balaban J connectivity index is 2.53. The molecule has 21 heavy (non-hydrogen) atoms. The van der Waals surface area contributed by atoms with E-state index in [-0.39, 0.29) is 5.56 Å². The monoisotopic (exact) mass is 305 g/mol. The van der Waals surface area contributed by atoms with Crippen molar-refractivity contribution in [1.29, 1.82) is 0 Å². The van der Waals surface area contributed by atoms with Crippen molar-refractivity contribution in [3.8, 4) is 0 Å². The van der Waals surface area contributed by atoms with E-state index in [1.807, 2.05) is 27.7 Å². The van der Waals surface area contributed by atoms with Crippen LogP contribution in [0.25, 0.3) is 10.9 Å². The number of fused-ring (bicyclic) bond motifs is 2. The molecule has 0 bridgehead atoms. The van der Waals surface area contributed by atoms with Gasteiger partial charge in [0.1, 0.15) is 5.60 Å². The average Bonchev–Trinajstić information content (AvgIpc) is 2.52. The molecule has 4 nitrogen and oxygen atoms in total. The first-order valence-electron chi connectivity index (χ1n) is 6.71. The van der Waals surface area contributed by atoms with Crippen LogP contribution < -0.4 is 0 Å². The summed E-state index contributed by atoms with van der Waals surface area (Å²) in [5.74, 6) is -0.990. The molecular formula is C16H16ClNO3. The van der Waals surface area contributed by atoms with Crippen LogP contribution in [0.5, 0.6) is 0 Å². The van der Waals surface area contributed by atoms with Crippen LogP contribution in [0.1, 0.15) is 49.3 Å². The fourth-order valence-corrected chi connectivity index (χ4v) is 3.39. The minimum absolute atomic E-state index is 0.230. The highest BCUT2D eigenvalue weighted by Crippen LogP contribution is 2.48. The number of carbonyl (C=O) groups is 1. The minimum Gasteiger partial charge on any atom is -0.478 e. The Morgan fingerprint density at radius 3 is 2.52 bits per heavy atom. The van der Waals surface area contributed by atoms with Crippen LogP contribution in [0.2, 0.25) is 5.02 Å². The molecule has 0 spiro atoms. The molecular weight excluding hydrogens is 290 g/mol. The van der Waals surface area contributed by atoms with E-state index in [4.69, 9.17) is 16.3 Å². The number of benzene rings is 1. The van der Waals surface area contributed by atoms with Crippen molar-refractivity contribution < 1.29 is 14.6 Å². The number of halogens is 1. The number of pyridine rings is 1. The van der Waals surface area contributed by atoms with Crippen molar-refractivity contribution in [3.05, 3.63) is 40.0 Å². The van der Waals surface area contributed by atoms with Gasteiger partial charge in [-0.15, -0.1) is 0 Å². The second kappa shape index (κ2) is 4.18. The Morgan fingerprint density at radius 1 is 1.24 bits per heavy atom. The van der Waals surface area contributed by atoms with Gasteiger partial charge in [-0.2, -0.15) is 0 Å². The Labute approximate surface area is 127 Å². The van der Waals surface area contributed by atoms with E-state index in [0.29, 0.717) is 27.2 Å². The molecule has 0 radical (unpaired) electrons. The van der Waals surface area contributed by atoms with Gasteiger partial charge in [0, 0.05) is 16.0 Å². The Hall–Kier alpha value is -1.65. The van der Waals surface area contributed by atoms with Crippen molar-refractivity contribution in [2.24, 2.45) is 0 Å². The summed E-state index contributed by atoms with van der Waals surface area (Å²) >= 11 is 6.02. The van der Waals surface area contributed by atoms with Crippen LogP contribution in [0.3, 0.4) is 0 Å². The van der Waals surface area contributed by atoms with Crippen LogP contribution in [0.4, 0.5) is 0 Å². The maximum absolute atomic E-state index is 11.9. The maximum atomic E-state index is 11.9. The number of carboxylic acid groups (broad SMARTS) is 1. The summed E-state index contributed by atoms with van der Waals surface area (Å²) in [4.78, 5) is 16.5. The molecule has 0 fully saturated rings. The summed E-state index contributed by atoms with van der Waals surface area (Å²) in [7, 11) is 0. The summed E-state index contributed by atoms with van der Waals surface area (Å²) in [6.07, 6.45) is 0. The lowest BCUT2D eigenvalue weighted by Crippen LogP contribution is -2.23. The maximum Gasteiger partial charge on any atom is 0.336 e. The summed E-state index contributed by atoms with van der Waals surface area (Å²) in [5, 5.41) is 10.7. The van der Waals surface area contributed by atoms with E-state index < -0.39 is 17.2 Å². The van der Waals surface area contributed by atoms with Crippen LogP contribution in [-0.4, -0.2) is 16.1 Å². The van der Waals surface area contributed by atoms with Crippen molar-refractivity contribution >= 4 is 28.5 Å². The van der Waals surface area contributed by atoms with Crippen LogP contribution in [0, 0.1) is 0 Å². The van der Waals surface area contributed by atoms with Gasteiger partial charge in [-0.1, -0.05) is 11.6 Å². The molecule has 1 aliphatic heterocycles. The third-order valence-corrected chi connectivity index (χ3v) is 4.08. The van der Waals surface area contributed by atoms with E-state index in [0.717, 1.165) is 0 Å². The quantitative estimate of drug-likeness (QED) is 0.862. The van der Waals surface area contributed by atoms with Crippen LogP contribution in [0.15, 0.2) is 18.2 Å². The molecule has 1 N–H and O–H groups in total. The van der Waals surface area contributed by atoms with Gasteiger partial charge < -0.3 is 9.84 Å². The number of rotatable bonds is 1. The molecule has 110 valence electrons. The van der Waals surface area contributed by atoms with Gasteiger partial charge in [-0.25, -0.2) is 9.78 Å². The van der Waals surface area contributed by atoms with Gasteiger partial charge in [0.2, 0.25) is 0 Å². The highest BCUT2D eigenvalue weighted by Gasteiger charge is 2.47. The molecule has 0 saturated carbocycles. The van der Waals surface area contributed by atoms with E-state index in [1.54, 1.807) is 18.2 Å². The standard InChI is InChI=1S/C16H16ClNO3/c1-15(2)12-11(14(19)20)9-7-8(17)5-6-10(9)18-13(12)16(3,4)21-15/h5-7H,1-4H3,(H,19,20). The molecule has 2 aromatic rings. The van der Waals surface area contributed by atoms with Gasteiger partial charge in [0.25, 0.3) is 0 Å². The SMILES string of the molecule is CC1(C)OC(C)(C)c2c1nc1ccc(Cl)cc1c2C(=O)O. The summed E-state index contributed by atoms with van der Waals surface area (Å²) in [6.45, 7) is 7.54. The molecule has 0 amide bonds. The smallest absolute Gasteiger partial charge is 0.336 e. The molecule has 0 atom stereocenters. The van der Waals surface area contributed by atoms with Crippen molar-refractivity contribution in [2.75, 3.05) is 0 Å². The number of hydrogen-bond donors (Lipinski definition) is 1. The van der Waals surface area contributed by atoms with Gasteiger partial charge in [0.05, 0.1) is 22.4 Å². The second-order valence-corrected chi connectivity index (χ2v) is 6.74. The zero-order chi connectivity index (χ0) is 15.6. The molecule has 2 heterocycles. The fourth-order valence-electron chi connectivity index (χ4n) is 3.22. The Bertz CT molecular complexity index is 781. The lowest BCUT2D eigenvalue weighted by atomic mass is 9.88. The van der Waals surface area contributed by atoms with E-state index in [1.165, 1.54) is 0 Å². The number of aromatic nitrogens is 1. The summed E-state index contributed by atoms with van der Waals surface area (Å²) < 4.78 is 6.04. The second-order valence-electron chi connectivity index (χ2n) is 6.30. The lowest BCUT2D eigenvalue weighted by molar-refractivity contribution is -0.106. The number of aromatic carboxylic acids is 1. The Kier molecular flexibility index (Phi) is 2.85. The Morgan fingerprint density at radius 2 is 1.90 bits per heavy atom. The number of nitrogens with zero attached hydrogens (tertiary/aromatic N) is 1. The molecule has 5 heteroatoms. The first kappa shape index (κ1) is 14.3. The minimum atomic E-state index is -0.990. The first-order chi connectivity index (χ1) is 9.63. The predicted octanol–water partition coefficient (Wildman–Crippen LogP) is 4.09. The number of hydrogen-bond acceptors (Lipinski definition) is 3. The molecule has 1 aliphatic rings. The van der Waals surface area contributed by atoms with Gasteiger partial charge in [0.15, 0.2) is 0 Å². The lowest BCUT2D eigenvalue weighted by Gasteiger charge is -2.24. The zero-order valence-corrected chi connectivity index (χ0v) is 13.1. The van der Waals surface area contributed by atoms with Gasteiger partial charge in [-0.3, -0.25) is 0 Å². The van der Waals surface area contributed by atoms with Crippen molar-refractivity contribution in [2.45, 2.75) is 38.9 Å². The van der Waals surface area contributed by atoms with E-state index in [9.17, 15) is 9.90 Å². The highest BCUT2D eigenvalue weighted by molar-refractivity contribution is 6.31. The molecule has 3 rings (SSSR count). The van der Waals surface area contributed by atoms with E-state index in [2.05, 4.69) is 4.98 Å². The third kappa shape index (κ3) is 2.01. The van der Waals surface area contributed by atoms with Gasteiger partial charge >= 0.3 is 5.97 Å². The summed E-state index contributed by atoms with van der Waals surface area (Å²) in [6, 6.07) is 5.10. The normalized spacial score (nSPS) is 18.7. The topological polar surface area (TPSA) is 59.4 Å². The summed E-state index contributed by atoms with van der Waals surface area (Å²) in [5.41, 5.74) is 0.819. The largest absolute Gasteiger partial charge is 0.478 e. The van der Waals surface area contributed by atoms with Crippen molar-refractivity contribution in [1.82, 2.24) is 4.98 Å². The number of ether oxygens (including phenoxy) is 1. The first-order valence-corrected chi connectivity index (χ1v) is 7.09. The molecule has 0 unspecified atom stereocenters. The van der Waals surface area contributed by atoms with Crippen LogP contribution in [-0.2, 0) is 15.9 Å². The molecule has 0 aliphatic carbocycles. The fraction of sp³-hybridized carbons (Fsp3) is 0.375. The van der Waals surface area contributed by atoms with Crippen LogP contribution >= 0.6 is 11.6 Å². The molecule has 1 aromatic heterocycles. The molecule has 0 saturated heterocycles. The zero-order valence-electron chi connectivity index (χ0n) is 12.3. The predicted molar refractivity (Wildman–Crippen MR) is 80.8 cm³/mol. The molecule has 1 aromatic carbocycles. The van der Waals surface area contributed by atoms with Crippen molar-refractivity contribution in [3.63, 3.8) is 0 Å².